The van der Waals surface area contributed by atoms with E-state index in [1.165, 1.54) is 4.90 Å². The third-order valence-corrected chi connectivity index (χ3v) is 7.13. The zero-order valence-corrected chi connectivity index (χ0v) is 22.1. The number of ketones is 1. The molecule has 1 atom stereocenters. The maximum Gasteiger partial charge on any atom is 0.300 e. The Morgan fingerprint density at radius 1 is 1.00 bits per heavy atom. The molecule has 3 aromatic carbocycles. The second kappa shape index (κ2) is 10.8. The van der Waals surface area contributed by atoms with E-state index in [0.717, 1.165) is 35.7 Å². The number of rotatable bonds is 8. The molecular formula is C31H29ClN2O4. The van der Waals surface area contributed by atoms with Gasteiger partial charge in [-0.15, -0.1) is 0 Å². The summed E-state index contributed by atoms with van der Waals surface area (Å²) in [5.41, 5.74) is 2.62. The molecule has 6 nitrogen and oxygen atoms in total. The molecule has 2 heterocycles. The fourth-order valence-corrected chi connectivity index (χ4v) is 5.20. The standard InChI is InChI=1S/C31H29ClN2O4/c1-3-4-7-17-38-23-15-13-20(14-16-23)29(35)27-28(25-19-33(2)26-12-6-5-11-24(25)26)34(31(37)30(27)36)22-10-8-9-21(32)18-22/h5-6,8-16,18-19,28,35H,3-4,7,17H2,1-2H3/b29-27+. The van der Waals surface area contributed by atoms with Gasteiger partial charge in [-0.1, -0.05) is 55.6 Å². The molecule has 1 aliphatic heterocycles. The minimum absolute atomic E-state index is 0.0305. The lowest BCUT2D eigenvalue weighted by Crippen LogP contribution is -2.29. The minimum atomic E-state index is -0.843. The zero-order chi connectivity index (χ0) is 26.8. The lowest BCUT2D eigenvalue weighted by Gasteiger charge is -2.25. The highest BCUT2D eigenvalue weighted by Gasteiger charge is 2.48. The second-order valence-corrected chi connectivity index (χ2v) is 9.88. The van der Waals surface area contributed by atoms with Gasteiger partial charge in [-0.3, -0.25) is 14.5 Å². The Balaban J connectivity index is 1.63. The number of hydrogen-bond acceptors (Lipinski definition) is 4. The number of aryl methyl sites for hydroxylation is 1. The summed E-state index contributed by atoms with van der Waals surface area (Å²) in [4.78, 5) is 28.4. The number of anilines is 1. The Labute approximate surface area is 226 Å². The molecule has 1 unspecified atom stereocenters. The zero-order valence-electron chi connectivity index (χ0n) is 21.4. The maximum atomic E-state index is 13.5. The normalized spacial score (nSPS) is 16.9. The van der Waals surface area contributed by atoms with Crippen molar-refractivity contribution in [2.24, 2.45) is 7.05 Å². The predicted molar refractivity (Wildman–Crippen MR) is 151 cm³/mol. The Bertz CT molecular complexity index is 1540. The Hall–Kier alpha value is -4.03. The van der Waals surface area contributed by atoms with Crippen LogP contribution < -0.4 is 9.64 Å². The number of Topliss-reactive ketones (excluding diaryl/α,β-unsaturated/α-hetero) is 1. The molecule has 0 bridgehead atoms. The van der Waals surface area contributed by atoms with Crippen molar-refractivity contribution >= 4 is 45.6 Å². The summed E-state index contributed by atoms with van der Waals surface area (Å²) in [5.74, 6) is -1.02. The Kier molecular flexibility index (Phi) is 7.25. The van der Waals surface area contributed by atoms with Crippen LogP contribution in [-0.4, -0.2) is 28.0 Å². The second-order valence-electron chi connectivity index (χ2n) is 9.44. The molecule has 0 aliphatic carbocycles. The third kappa shape index (κ3) is 4.68. The lowest BCUT2D eigenvalue weighted by molar-refractivity contribution is -0.132. The highest BCUT2D eigenvalue weighted by Crippen LogP contribution is 2.45. The van der Waals surface area contributed by atoms with Gasteiger partial charge in [-0.05, 0) is 55.0 Å². The van der Waals surface area contributed by atoms with E-state index in [9.17, 15) is 14.7 Å². The number of amides is 1. The number of aromatic nitrogens is 1. The number of aliphatic hydroxyl groups is 1. The smallest absolute Gasteiger partial charge is 0.300 e. The fourth-order valence-electron chi connectivity index (χ4n) is 5.02. The quantitative estimate of drug-likeness (QED) is 0.115. The topological polar surface area (TPSA) is 71.8 Å². The van der Waals surface area contributed by atoms with Crippen molar-refractivity contribution in [1.29, 1.82) is 0 Å². The molecule has 0 spiro atoms. The van der Waals surface area contributed by atoms with Crippen LogP contribution in [0.2, 0.25) is 5.02 Å². The number of nitrogens with zero attached hydrogens (tertiary/aromatic N) is 2. The van der Waals surface area contributed by atoms with Crippen LogP contribution in [0, 0.1) is 0 Å². The van der Waals surface area contributed by atoms with Crippen molar-refractivity contribution in [2.75, 3.05) is 11.5 Å². The largest absolute Gasteiger partial charge is 0.507 e. The number of ether oxygens (including phenoxy) is 1. The van der Waals surface area contributed by atoms with E-state index in [4.69, 9.17) is 16.3 Å². The van der Waals surface area contributed by atoms with Crippen LogP contribution in [0.25, 0.3) is 16.7 Å². The number of halogens is 1. The van der Waals surface area contributed by atoms with Gasteiger partial charge in [0.2, 0.25) is 0 Å². The van der Waals surface area contributed by atoms with E-state index in [0.29, 0.717) is 28.6 Å². The molecule has 0 saturated carbocycles. The van der Waals surface area contributed by atoms with Crippen LogP contribution in [-0.2, 0) is 16.6 Å². The molecular weight excluding hydrogens is 500 g/mol. The maximum absolute atomic E-state index is 13.5. The van der Waals surface area contributed by atoms with Crippen molar-refractivity contribution in [3.8, 4) is 5.75 Å². The van der Waals surface area contributed by atoms with Gasteiger partial charge in [0.25, 0.3) is 11.7 Å². The minimum Gasteiger partial charge on any atom is -0.507 e. The highest BCUT2D eigenvalue weighted by atomic mass is 35.5. The molecule has 1 aromatic heterocycles. The number of para-hydroxylation sites is 1. The van der Waals surface area contributed by atoms with E-state index < -0.39 is 17.7 Å². The number of fused-ring (bicyclic) bond motifs is 1. The molecule has 5 rings (SSSR count). The summed E-state index contributed by atoms with van der Waals surface area (Å²) >= 11 is 6.26. The van der Waals surface area contributed by atoms with Gasteiger partial charge in [0.05, 0.1) is 18.2 Å². The van der Waals surface area contributed by atoms with Crippen molar-refractivity contribution in [3.05, 3.63) is 101 Å². The van der Waals surface area contributed by atoms with E-state index >= 15 is 0 Å². The number of unbranched alkanes of at least 4 members (excludes halogenated alkanes) is 2. The Morgan fingerprint density at radius 2 is 1.76 bits per heavy atom. The molecule has 1 N–H and O–H groups in total. The monoisotopic (exact) mass is 528 g/mol. The molecule has 1 fully saturated rings. The number of hydrogen-bond donors (Lipinski definition) is 1. The molecule has 1 aliphatic rings. The van der Waals surface area contributed by atoms with Gasteiger partial charge in [0, 0.05) is 46.0 Å². The van der Waals surface area contributed by atoms with Gasteiger partial charge < -0.3 is 14.4 Å². The predicted octanol–water partition coefficient (Wildman–Crippen LogP) is 7.03. The summed E-state index contributed by atoms with van der Waals surface area (Å²) < 4.78 is 7.74. The first-order chi connectivity index (χ1) is 18.4. The van der Waals surface area contributed by atoms with Crippen molar-refractivity contribution in [2.45, 2.75) is 32.2 Å². The third-order valence-electron chi connectivity index (χ3n) is 6.90. The molecule has 7 heteroatoms. The van der Waals surface area contributed by atoms with Crippen molar-refractivity contribution in [3.63, 3.8) is 0 Å². The van der Waals surface area contributed by atoms with Gasteiger partial charge in [0.15, 0.2) is 0 Å². The highest BCUT2D eigenvalue weighted by molar-refractivity contribution is 6.52. The van der Waals surface area contributed by atoms with E-state index in [1.54, 1.807) is 48.5 Å². The van der Waals surface area contributed by atoms with Crippen LogP contribution >= 0.6 is 11.6 Å². The van der Waals surface area contributed by atoms with Gasteiger partial charge in [-0.25, -0.2) is 0 Å². The molecule has 4 aromatic rings. The number of carbonyl (C=O) groups excluding carboxylic acids is 2. The molecule has 1 saturated heterocycles. The van der Waals surface area contributed by atoms with Crippen LogP contribution in [0.15, 0.2) is 84.6 Å². The van der Waals surface area contributed by atoms with E-state index in [1.807, 2.05) is 42.1 Å². The molecule has 0 radical (unpaired) electrons. The fraction of sp³-hybridized carbons (Fsp3) is 0.226. The van der Waals surface area contributed by atoms with Crippen LogP contribution in [0.4, 0.5) is 5.69 Å². The van der Waals surface area contributed by atoms with Gasteiger partial charge >= 0.3 is 0 Å². The van der Waals surface area contributed by atoms with E-state index in [2.05, 4.69) is 6.92 Å². The Morgan fingerprint density at radius 3 is 2.50 bits per heavy atom. The molecule has 194 valence electrons. The molecule has 38 heavy (non-hydrogen) atoms. The SMILES string of the molecule is CCCCCOc1ccc(/C(O)=C2\C(=O)C(=O)N(c3cccc(Cl)c3)C2c2cn(C)c3ccccc23)cc1. The van der Waals surface area contributed by atoms with Crippen molar-refractivity contribution < 1.29 is 19.4 Å². The first kappa shape index (κ1) is 25.6. The van der Waals surface area contributed by atoms with Crippen LogP contribution in [0.3, 0.4) is 0 Å². The summed E-state index contributed by atoms with van der Waals surface area (Å²) in [6, 6.07) is 20.7. The summed E-state index contributed by atoms with van der Waals surface area (Å²) in [6.45, 7) is 2.75. The summed E-state index contributed by atoms with van der Waals surface area (Å²) in [7, 11) is 1.91. The average molecular weight is 529 g/mol. The van der Waals surface area contributed by atoms with Gasteiger partial charge in [0.1, 0.15) is 11.5 Å². The number of carbonyl (C=O) groups is 2. The van der Waals surface area contributed by atoms with Crippen LogP contribution in [0.1, 0.15) is 43.4 Å². The average Bonchev–Trinajstić information content (AvgIpc) is 3.39. The first-order valence-corrected chi connectivity index (χ1v) is 13.1. The number of aliphatic hydroxyl groups excluding tert-OH is 1. The number of benzene rings is 3. The molecule has 1 amide bonds. The first-order valence-electron chi connectivity index (χ1n) is 12.7. The summed E-state index contributed by atoms with van der Waals surface area (Å²) in [5, 5.41) is 12.8. The van der Waals surface area contributed by atoms with Gasteiger partial charge in [-0.2, -0.15) is 0 Å². The lowest BCUT2D eigenvalue weighted by atomic mass is 9.94. The van der Waals surface area contributed by atoms with Crippen LogP contribution in [0.5, 0.6) is 5.75 Å². The van der Waals surface area contributed by atoms with Crippen molar-refractivity contribution in [1.82, 2.24) is 4.57 Å². The van der Waals surface area contributed by atoms with E-state index in [-0.39, 0.29) is 11.3 Å². The summed E-state index contributed by atoms with van der Waals surface area (Å²) in [6.07, 6.45) is 5.08.